The molecule has 0 aliphatic carbocycles. The smallest absolute Gasteiger partial charge is 0.328 e. The van der Waals surface area contributed by atoms with Crippen LogP contribution >= 0.6 is 0 Å². The highest BCUT2D eigenvalue weighted by Gasteiger charge is 2.27. The molecule has 0 aromatic heterocycles. The van der Waals surface area contributed by atoms with Crippen LogP contribution in [0.25, 0.3) is 0 Å². The van der Waals surface area contributed by atoms with Crippen molar-refractivity contribution < 1.29 is 27.5 Å². The molecular formula is C22H25N3O6S. The van der Waals surface area contributed by atoms with Crippen LogP contribution in [0.15, 0.2) is 59.5 Å². The van der Waals surface area contributed by atoms with Gasteiger partial charge in [-0.1, -0.05) is 24.3 Å². The second-order valence-electron chi connectivity index (χ2n) is 7.36. The number of hydrogen-bond donors (Lipinski definition) is 2. The van der Waals surface area contributed by atoms with Gasteiger partial charge in [0.05, 0.1) is 4.90 Å². The molecule has 1 heterocycles. The Morgan fingerprint density at radius 3 is 2.41 bits per heavy atom. The van der Waals surface area contributed by atoms with Gasteiger partial charge in [-0.05, 0) is 50.1 Å². The SMILES string of the molecule is CC(NC(=O)c1ccccc1)C(=O)OCC(=O)Nc1cccc(S(=O)(=O)N2CCCC2)c1. The summed E-state index contributed by atoms with van der Waals surface area (Å²) in [6, 6.07) is 13.4. The fourth-order valence-electron chi connectivity index (χ4n) is 3.20. The molecule has 1 fully saturated rings. The maximum Gasteiger partial charge on any atom is 0.328 e. The zero-order valence-electron chi connectivity index (χ0n) is 17.6. The summed E-state index contributed by atoms with van der Waals surface area (Å²) >= 11 is 0. The lowest BCUT2D eigenvalue weighted by molar-refractivity contribution is -0.148. The van der Waals surface area contributed by atoms with Gasteiger partial charge in [0.1, 0.15) is 6.04 Å². The van der Waals surface area contributed by atoms with Gasteiger partial charge in [-0.2, -0.15) is 4.31 Å². The van der Waals surface area contributed by atoms with Gasteiger partial charge >= 0.3 is 5.97 Å². The number of nitrogens with zero attached hydrogens (tertiary/aromatic N) is 1. The van der Waals surface area contributed by atoms with Crippen molar-refractivity contribution in [1.29, 1.82) is 0 Å². The molecule has 2 N–H and O–H groups in total. The van der Waals surface area contributed by atoms with E-state index in [1.54, 1.807) is 36.4 Å². The number of sulfonamides is 1. The summed E-state index contributed by atoms with van der Waals surface area (Å²) in [5, 5.41) is 5.02. The van der Waals surface area contributed by atoms with E-state index >= 15 is 0 Å². The number of esters is 1. The predicted octanol–water partition coefficient (Wildman–Crippen LogP) is 1.77. The van der Waals surface area contributed by atoms with Gasteiger partial charge in [0.2, 0.25) is 10.0 Å². The summed E-state index contributed by atoms with van der Waals surface area (Å²) in [5.41, 5.74) is 0.672. The quantitative estimate of drug-likeness (QED) is 0.580. The van der Waals surface area contributed by atoms with Crippen molar-refractivity contribution in [2.75, 3.05) is 25.0 Å². The number of rotatable bonds is 8. The molecule has 2 aromatic rings. The van der Waals surface area contributed by atoms with Crippen LogP contribution in [0.2, 0.25) is 0 Å². The number of hydrogen-bond acceptors (Lipinski definition) is 6. The molecule has 2 amide bonds. The molecule has 1 saturated heterocycles. The molecule has 1 aliphatic heterocycles. The van der Waals surface area contributed by atoms with E-state index in [1.807, 2.05) is 0 Å². The maximum atomic E-state index is 12.7. The number of benzene rings is 2. The van der Waals surface area contributed by atoms with Crippen LogP contribution in [0.1, 0.15) is 30.1 Å². The average Bonchev–Trinajstić information content (AvgIpc) is 3.34. The summed E-state index contributed by atoms with van der Waals surface area (Å²) in [4.78, 5) is 36.4. The van der Waals surface area contributed by atoms with Gasteiger partial charge in [0.25, 0.3) is 11.8 Å². The second kappa shape index (κ2) is 10.4. The minimum absolute atomic E-state index is 0.0893. The molecule has 1 atom stereocenters. The largest absolute Gasteiger partial charge is 0.454 e. The van der Waals surface area contributed by atoms with E-state index in [9.17, 15) is 22.8 Å². The highest BCUT2D eigenvalue weighted by molar-refractivity contribution is 7.89. The van der Waals surface area contributed by atoms with Gasteiger partial charge in [-0.25, -0.2) is 13.2 Å². The Hall–Kier alpha value is -3.24. The van der Waals surface area contributed by atoms with Crippen LogP contribution in [0.5, 0.6) is 0 Å². The van der Waals surface area contributed by atoms with Crippen molar-refractivity contribution in [2.24, 2.45) is 0 Å². The molecule has 0 bridgehead atoms. The maximum absolute atomic E-state index is 12.7. The molecule has 1 unspecified atom stereocenters. The molecule has 0 spiro atoms. The van der Waals surface area contributed by atoms with E-state index in [0.717, 1.165) is 12.8 Å². The minimum atomic E-state index is -3.61. The first kappa shape index (κ1) is 23.4. The van der Waals surface area contributed by atoms with Crippen molar-refractivity contribution in [3.63, 3.8) is 0 Å². The standard InChI is InChI=1S/C22H25N3O6S/c1-16(23-21(27)17-8-3-2-4-9-17)22(28)31-15-20(26)24-18-10-7-11-19(14-18)32(29,30)25-12-5-6-13-25/h2-4,7-11,14,16H,5-6,12-13,15H2,1H3,(H,23,27)(H,24,26). The molecule has 0 saturated carbocycles. The third-order valence-corrected chi connectivity index (χ3v) is 6.80. The van der Waals surface area contributed by atoms with E-state index in [2.05, 4.69) is 10.6 Å². The molecule has 10 heteroatoms. The summed E-state index contributed by atoms with van der Waals surface area (Å²) in [5.74, 6) is -1.83. The Morgan fingerprint density at radius 2 is 1.72 bits per heavy atom. The Morgan fingerprint density at radius 1 is 1.03 bits per heavy atom. The predicted molar refractivity (Wildman–Crippen MR) is 117 cm³/mol. The molecule has 1 aliphatic rings. The zero-order chi connectivity index (χ0) is 23.1. The van der Waals surface area contributed by atoms with Crippen LogP contribution < -0.4 is 10.6 Å². The van der Waals surface area contributed by atoms with Crippen LogP contribution in [-0.2, 0) is 24.3 Å². The normalized spacial score (nSPS) is 15.0. The number of carbonyl (C=O) groups excluding carboxylic acids is 3. The lowest BCUT2D eigenvalue weighted by atomic mass is 10.2. The molecule has 2 aromatic carbocycles. The zero-order valence-corrected chi connectivity index (χ0v) is 18.4. The van der Waals surface area contributed by atoms with Crippen molar-refractivity contribution in [2.45, 2.75) is 30.7 Å². The third-order valence-electron chi connectivity index (χ3n) is 4.90. The topological polar surface area (TPSA) is 122 Å². The molecule has 170 valence electrons. The fraction of sp³-hybridized carbons (Fsp3) is 0.318. The number of carbonyl (C=O) groups is 3. The van der Waals surface area contributed by atoms with E-state index in [0.29, 0.717) is 18.7 Å². The number of amides is 2. The Kier molecular flexibility index (Phi) is 7.60. The van der Waals surface area contributed by atoms with Gasteiger partial charge in [-0.3, -0.25) is 9.59 Å². The summed E-state index contributed by atoms with van der Waals surface area (Å²) in [6.45, 7) is 1.84. The van der Waals surface area contributed by atoms with Crippen LogP contribution in [0, 0.1) is 0 Å². The summed E-state index contributed by atoms with van der Waals surface area (Å²) in [7, 11) is -3.61. The summed E-state index contributed by atoms with van der Waals surface area (Å²) < 4.78 is 31.7. The molecular weight excluding hydrogens is 434 g/mol. The van der Waals surface area contributed by atoms with Gasteiger partial charge in [0, 0.05) is 24.3 Å². The first-order chi connectivity index (χ1) is 15.3. The van der Waals surface area contributed by atoms with Crippen molar-refractivity contribution in [3.05, 3.63) is 60.2 Å². The minimum Gasteiger partial charge on any atom is -0.454 e. The van der Waals surface area contributed by atoms with E-state index in [4.69, 9.17) is 4.74 Å². The van der Waals surface area contributed by atoms with Crippen LogP contribution in [-0.4, -0.2) is 56.2 Å². The van der Waals surface area contributed by atoms with E-state index < -0.39 is 40.5 Å². The first-order valence-electron chi connectivity index (χ1n) is 10.2. The Labute approximate surface area is 186 Å². The number of nitrogens with one attached hydrogen (secondary N) is 2. The Balaban J connectivity index is 1.51. The van der Waals surface area contributed by atoms with Crippen LogP contribution in [0.3, 0.4) is 0 Å². The lowest BCUT2D eigenvalue weighted by Crippen LogP contribution is -2.40. The van der Waals surface area contributed by atoms with Gasteiger partial charge < -0.3 is 15.4 Å². The summed E-state index contributed by atoms with van der Waals surface area (Å²) in [6.07, 6.45) is 1.65. The van der Waals surface area contributed by atoms with Crippen molar-refractivity contribution in [1.82, 2.24) is 9.62 Å². The fourth-order valence-corrected chi connectivity index (χ4v) is 4.76. The molecule has 9 nitrogen and oxygen atoms in total. The van der Waals surface area contributed by atoms with Gasteiger partial charge in [0.15, 0.2) is 6.61 Å². The van der Waals surface area contributed by atoms with Crippen molar-refractivity contribution >= 4 is 33.5 Å². The number of anilines is 1. The number of ether oxygens (including phenoxy) is 1. The first-order valence-corrected chi connectivity index (χ1v) is 11.6. The lowest BCUT2D eigenvalue weighted by Gasteiger charge is -2.16. The molecule has 32 heavy (non-hydrogen) atoms. The van der Waals surface area contributed by atoms with Crippen LogP contribution in [0.4, 0.5) is 5.69 Å². The van der Waals surface area contributed by atoms with E-state index in [-0.39, 0.29) is 10.6 Å². The highest BCUT2D eigenvalue weighted by Crippen LogP contribution is 2.23. The van der Waals surface area contributed by atoms with E-state index in [1.165, 1.54) is 29.4 Å². The third kappa shape index (κ3) is 5.92. The molecule has 0 radical (unpaired) electrons. The Bertz CT molecular complexity index is 1080. The second-order valence-corrected chi connectivity index (χ2v) is 9.29. The molecule has 3 rings (SSSR count). The van der Waals surface area contributed by atoms with Crippen molar-refractivity contribution in [3.8, 4) is 0 Å². The van der Waals surface area contributed by atoms with Gasteiger partial charge in [-0.15, -0.1) is 0 Å². The monoisotopic (exact) mass is 459 g/mol. The average molecular weight is 460 g/mol. The highest BCUT2D eigenvalue weighted by atomic mass is 32.2.